The van der Waals surface area contributed by atoms with Gasteiger partial charge >= 0.3 is 0 Å². The average molecular weight is 299 g/mol. The van der Waals surface area contributed by atoms with Crippen molar-refractivity contribution in [3.8, 4) is 5.75 Å². The fraction of sp³-hybridized carbons (Fsp3) is 0.250. The van der Waals surface area contributed by atoms with Crippen molar-refractivity contribution in [2.75, 3.05) is 0 Å². The summed E-state index contributed by atoms with van der Waals surface area (Å²) in [6, 6.07) is 11.2. The number of nitro groups is 1. The molecule has 0 atom stereocenters. The summed E-state index contributed by atoms with van der Waals surface area (Å²) in [7, 11) is 0. The van der Waals surface area contributed by atoms with Crippen LogP contribution in [0.4, 0.5) is 17.1 Å². The number of nitrogens with zero attached hydrogens (tertiary/aromatic N) is 3. The number of para-hydroxylation sites is 1. The molecule has 114 valence electrons. The zero-order valence-electron chi connectivity index (χ0n) is 12.6. The van der Waals surface area contributed by atoms with E-state index < -0.39 is 4.92 Å². The average Bonchev–Trinajstić information content (AvgIpc) is 2.45. The Morgan fingerprint density at radius 1 is 1.05 bits per heavy atom. The van der Waals surface area contributed by atoms with Gasteiger partial charge in [0, 0.05) is 6.07 Å². The first-order valence-corrected chi connectivity index (χ1v) is 6.77. The molecule has 0 aromatic heterocycles. The van der Waals surface area contributed by atoms with Gasteiger partial charge in [-0.25, -0.2) is 0 Å². The summed E-state index contributed by atoms with van der Waals surface area (Å²) in [5.74, 6) is -0.0182. The number of phenolic OH excluding ortho intramolecular Hbond substituents is 1. The first-order valence-electron chi connectivity index (χ1n) is 6.77. The Morgan fingerprint density at radius 2 is 1.68 bits per heavy atom. The third kappa shape index (κ3) is 3.46. The van der Waals surface area contributed by atoms with Crippen molar-refractivity contribution in [2.24, 2.45) is 10.2 Å². The van der Waals surface area contributed by atoms with Gasteiger partial charge < -0.3 is 5.11 Å². The van der Waals surface area contributed by atoms with E-state index in [1.54, 1.807) is 24.3 Å². The third-order valence-electron chi connectivity index (χ3n) is 3.19. The molecule has 2 aromatic rings. The lowest BCUT2D eigenvalue weighted by Gasteiger charge is -2.19. The molecule has 0 fully saturated rings. The van der Waals surface area contributed by atoms with Gasteiger partial charge in [0.15, 0.2) is 5.69 Å². The van der Waals surface area contributed by atoms with Crippen LogP contribution in [0.3, 0.4) is 0 Å². The van der Waals surface area contributed by atoms with E-state index in [0.717, 1.165) is 5.56 Å². The predicted octanol–water partition coefficient (Wildman–Crippen LogP) is 5.01. The van der Waals surface area contributed by atoms with Crippen molar-refractivity contribution in [1.29, 1.82) is 0 Å². The fourth-order valence-corrected chi connectivity index (χ4v) is 1.88. The lowest BCUT2D eigenvalue weighted by atomic mass is 9.87. The van der Waals surface area contributed by atoms with Crippen molar-refractivity contribution in [2.45, 2.75) is 26.2 Å². The first kappa shape index (κ1) is 15.6. The summed E-state index contributed by atoms with van der Waals surface area (Å²) in [6.45, 7) is 6.13. The van der Waals surface area contributed by atoms with Crippen LogP contribution in [0.25, 0.3) is 0 Å². The van der Waals surface area contributed by atoms with E-state index in [0.29, 0.717) is 0 Å². The summed E-state index contributed by atoms with van der Waals surface area (Å²) >= 11 is 0. The SMILES string of the molecule is CC(C)(C)c1ccc(O)c(N=Nc2ccccc2[N+](=O)[O-])c1. The van der Waals surface area contributed by atoms with Gasteiger partial charge in [-0.2, -0.15) is 0 Å². The lowest BCUT2D eigenvalue weighted by molar-refractivity contribution is -0.384. The molecule has 22 heavy (non-hydrogen) atoms. The normalized spacial score (nSPS) is 11.8. The van der Waals surface area contributed by atoms with Gasteiger partial charge in [0.1, 0.15) is 11.4 Å². The van der Waals surface area contributed by atoms with Crippen molar-refractivity contribution in [3.05, 3.63) is 58.1 Å². The minimum absolute atomic E-state index is 0.0182. The molecule has 0 aliphatic carbocycles. The Bertz CT molecular complexity index is 734. The quantitative estimate of drug-likeness (QED) is 0.490. The van der Waals surface area contributed by atoms with E-state index >= 15 is 0 Å². The van der Waals surface area contributed by atoms with Crippen molar-refractivity contribution in [3.63, 3.8) is 0 Å². The van der Waals surface area contributed by atoms with Gasteiger partial charge in [0.05, 0.1) is 4.92 Å². The number of azo groups is 1. The van der Waals surface area contributed by atoms with Crippen molar-refractivity contribution < 1.29 is 10.0 Å². The minimum Gasteiger partial charge on any atom is -0.506 e. The molecule has 6 heteroatoms. The van der Waals surface area contributed by atoms with Gasteiger partial charge in [-0.05, 0) is 29.2 Å². The van der Waals surface area contributed by atoms with Crippen LogP contribution in [0.2, 0.25) is 0 Å². The monoisotopic (exact) mass is 299 g/mol. The molecule has 0 aliphatic heterocycles. The molecule has 0 unspecified atom stereocenters. The minimum atomic E-state index is -0.514. The largest absolute Gasteiger partial charge is 0.506 e. The van der Waals surface area contributed by atoms with Gasteiger partial charge in [-0.3, -0.25) is 10.1 Å². The molecule has 0 spiro atoms. The molecule has 2 aromatic carbocycles. The fourth-order valence-electron chi connectivity index (χ4n) is 1.88. The molecular weight excluding hydrogens is 282 g/mol. The van der Waals surface area contributed by atoms with Crippen LogP contribution in [0.15, 0.2) is 52.7 Å². The highest BCUT2D eigenvalue weighted by atomic mass is 16.6. The maximum atomic E-state index is 10.9. The molecule has 0 aliphatic rings. The van der Waals surface area contributed by atoms with Crippen molar-refractivity contribution >= 4 is 17.1 Å². The van der Waals surface area contributed by atoms with E-state index in [1.807, 2.05) is 26.8 Å². The number of phenols is 1. The van der Waals surface area contributed by atoms with Crippen LogP contribution in [-0.2, 0) is 5.41 Å². The molecule has 0 heterocycles. The lowest BCUT2D eigenvalue weighted by Crippen LogP contribution is -2.10. The molecule has 2 rings (SSSR count). The zero-order chi connectivity index (χ0) is 16.3. The van der Waals surface area contributed by atoms with Gasteiger partial charge in [-0.15, -0.1) is 10.2 Å². The highest BCUT2D eigenvalue weighted by Crippen LogP contribution is 2.35. The van der Waals surface area contributed by atoms with E-state index in [-0.39, 0.29) is 28.2 Å². The summed E-state index contributed by atoms with van der Waals surface area (Å²) in [6.07, 6.45) is 0. The number of aromatic hydroxyl groups is 1. The number of benzene rings is 2. The summed E-state index contributed by atoms with van der Waals surface area (Å²) in [5.41, 5.74) is 1.19. The maximum Gasteiger partial charge on any atom is 0.296 e. The van der Waals surface area contributed by atoms with Crippen LogP contribution < -0.4 is 0 Å². The molecule has 0 saturated carbocycles. The van der Waals surface area contributed by atoms with Gasteiger partial charge in [0.25, 0.3) is 5.69 Å². The number of rotatable bonds is 3. The van der Waals surface area contributed by atoms with E-state index in [1.165, 1.54) is 12.1 Å². The molecule has 0 radical (unpaired) electrons. The highest BCUT2D eigenvalue weighted by Gasteiger charge is 2.16. The Hall–Kier alpha value is -2.76. The van der Waals surface area contributed by atoms with Crippen LogP contribution >= 0.6 is 0 Å². The standard InChI is InChI=1S/C16H17N3O3/c1-16(2,3)11-8-9-15(20)13(10-11)18-17-12-6-4-5-7-14(12)19(21)22/h4-10,20H,1-3H3. The van der Waals surface area contributed by atoms with Gasteiger partial charge in [-0.1, -0.05) is 39.0 Å². The topological polar surface area (TPSA) is 88.1 Å². The molecule has 1 N–H and O–H groups in total. The van der Waals surface area contributed by atoms with Crippen LogP contribution in [-0.4, -0.2) is 10.0 Å². The van der Waals surface area contributed by atoms with E-state index in [2.05, 4.69) is 10.2 Å². The Labute approximate surface area is 128 Å². The highest BCUT2D eigenvalue weighted by molar-refractivity contribution is 5.58. The van der Waals surface area contributed by atoms with Crippen LogP contribution in [0, 0.1) is 10.1 Å². The van der Waals surface area contributed by atoms with Crippen LogP contribution in [0.5, 0.6) is 5.75 Å². The third-order valence-corrected chi connectivity index (χ3v) is 3.19. The second-order valence-corrected chi connectivity index (χ2v) is 5.90. The van der Waals surface area contributed by atoms with E-state index in [9.17, 15) is 15.2 Å². The smallest absolute Gasteiger partial charge is 0.296 e. The molecular formula is C16H17N3O3. The number of hydrogen-bond acceptors (Lipinski definition) is 5. The zero-order valence-corrected chi connectivity index (χ0v) is 12.6. The Balaban J connectivity index is 2.41. The molecule has 0 amide bonds. The first-order chi connectivity index (χ1) is 10.3. The van der Waals surface area contributed by atoms with E-state index in [4.69, 9.17) is 0 Å². The number of hydrogen-bond donors (Lipinski definition) is 1. The van der Waals surface area contributed by atoms with Crippen LogP contribution in [0.1, 0.15) is 26.3 Å². The summed E-state index contributed by atoms with van der Waals surface area (Å²) in [5, 5.41) is 28.7. The second kappa shape index (κ2) is 5.93. The summed E-state index contributed by atoms with van der Waals surface area (Å²) in [4.78, 5) is 10.4. The second-order valence-electron chi connectivity index (χ2n) is 5.90. The maximum absolute atomic E-state index is 10.9. The van der Waals surface area contributed by atoms with Crippen molar-refractivity contribution in [1.82, 2.24) is 0 Å². The van der Waals surface area contributed by atoms with Gasteiger partial charge in [0.2, 0.25) is 0 Å². The number of nitro benzene ring substituents is 1. The predicted molar refractivity (Wildman–Crippen MR) is 84.1 cm³/mol. The molecule has 6 nitrogen and oxygen atoms in total. The molecule has 0 bridgehead atoms. The summed E-state index contributed by atoms with van der Waals surface area (Å²) < 4.78 is 0. The Morgan fingerprint density at radius 3 is 2.32 bits per heavy atom. The molecule has 0 saturated heterocycles. The Kier molecular flexibility index (Phi) is 4.21.